The molecule has 1 fully saturated rings. The Hall–Kier alpha value is 1.02. The van der Waals surface area contributed by atoms with Crippen LogP contribution in [0.1, 0.15) is 34.6 Å². The van der Waals surface area contributed by atoms with Gasteiger partial charge in [0.25, 0.3) is 0 Å². The molecule has 28 heavy (non-hydrogen) atoms. The second-order valence-electron chi connectivity index (χ2n) is 5.17. The van der Waals surface area contributed by atoms with Gasteiger partial charge in [-0.1, -0.05) is 45.9 Å². The third-order valence-corrected chi connectivity index (χ3v) is 3.49. The van der Waals surface area contributed by atoms with Crippen molar-refractivity contribution in [2.24, 2.45) is 0 Å². The number of rotatable bonds is 4. The van der Waals surface area contributed by atoms with E-state index < -0.39 is 0 Å². The number of anilines is 1. The maximum atomic E-state index is 11.6. The van der Waals surface area contributed by atoms with Crippen LogP contribution in [-0.2, 0) is 9.66 Å². The number of amides is 1. The quantitative estimate of drug-likeness (QED) is 0.326. The molecule has 1 aromatic carbocycles. The maximum absolute atomic E-state index is 11.6. The normalized spacial score (nSPS) is 13.1. The Morgan fingerprint density at radius 1 is 1.04 bits per heavy atom. The van der Waals surface area contributed by atoms with Gasteiger partial charge in [-0.05, 0) is 19.1 Å². The van der Waals surface area contributed by atoms with Crippen molar-refractivity contribution in [2.75, 3.05) is 51.4 Å². The van der Waals surface area contributed by atoms with Crippen LogP contribution >= 0.6 is 59.9 Å². The van der Waals surface area contributed by atoms with E-state index >= 15 is 0 Å². The topological polar surface area (TPSA) is 36.0 Å². The van der Waals surface area contributed by atoms with E-state index in [4.69, 9.17) is 4.74 Å². The van der Waals surface area contributed by atoms with E-state index in [1.54, 1.807) is 11.9 Å². The minimum atomic E-state index is -0.278. The predicted molar refractivity (Wildman–Crippen MR) is 145 cm³/mol. The van der Waals surface area contributed by atoms with Gasteiger partial charge in [0.15, 0.2) is 0 Å². The molecule has 0 unspecified atom stereocenters. The fourth-order valence-electron chi connectivity index (χ4n) is 2.38. The van der Waals surface area contributed by atoms with Crippen LogP contribution in [0.2, 0.25) is 0 Å². The van der Waals surface area contributed by atoms with E-state index in [2.05, 4.69) is 94.0 Å². The van der Waals surface area contributed by atoms with Crippen LogP contribution < -0.4 is 4.90 Å². The second kappa shape index (κ2) is 21.3. The number of hydrogen-bond donors (Lipinski definition) is 0. The molecule has 0 bridgehead atoms. The summed E-state index contributed by atoms with van der Waals surface area (Å²) in [5.74, 6) is 0. The Balaban J connectivity index is 0. The minimum absolute atomic E-state index is 0.252. The number of halogens is 3. The second-order valence-corrected chi connectivity index (χ2v) is 40.5. The molecule has 164 valence electrons. The van der Waals surface area contributed by atoms with Gasteiger partial charge in [-0.15, -0.1) is 0 Å². The SMILES string of the molecule is CC.CC.CCOC(=O)N(C)CN1CCN(c2ccccc2)CC1.[I][V]([I])[I]. The molecule has 0 aromatic heterocycles. The van der Waals surface area contributed by atoms with Crippen molar-refractivity contribution in [1.29, 1.82) is 0 Å². The summed E-state index contributed by atoms with van der Waals surface area (Å²) in [5.41, 5.74) is 1.27. The molecule has 1 aliphatic heterocycles. The van der Waals surface area contributed by atoms with Gasteiger partial charge in [0.2, 0.25) is 0 Å². The van der Waals surface area contributed by atoms with Gasteiger partial charge < -0.3 is 9.64 Å². The first-order valence-electron chi connectivity index (χ1n) is 9.61. The van der Waals surface area contributed by atoms with Gasteiger partial charge in [0.1, 0.15) is 0 Å². The van der Waals surface area contributed by atoms with Crippen molar-refractivity contribution in [3.63, 3.8) is 0 Å². The van der Waals surface area contributed by atoms with Crippen LogP contribution in [0.4, 0.5) is 10.5 Å². The molecule has 0 radical (unpaired) electrons. The molecule has 1 saturated heterocycles. The molecule has 0 saturated carbocycles. The molecule has 1 aromatic rings. The van der Waals surface area contributed by atoms with Gasteiger partial charge >= 0.3 is 71.0 Å². The van der Waals surface area contributed by atoms with E-state index in [1.807, 2.05) is 40.7 Å². The first kappa shape index (κ1) is 31.2. The molecule has 5 nitrogen and oxygen atoms in total. The van der Waals surface area contributed by atoms with E-state index in [1.165, 1.54) is 5.69 Å². The van der Waals surface area contributed by atoms with Crippen LogP contribution in [0.3, 0.4) is 0 Å². The van der Waals surface area contributed by atoms with Crippen LogP contribution in [-0.4, -0.2) is 62.4 Å². The van der Waals surface area contributed by atoms with Crippen LogP contribution in [0.5, 0.6) is 0 Å². The zero-order valence-corrected chi connectivity index (χ0v) is 25.7. The van der Waals surface area contributed by atoms with E-state index in [9.17, 15) is 4.79 Å². The Labute approximate surface area is 210 Å². The summed E-state index contributed by atoms with van der Waals surface area (Å²) < 4.78 is 4.99. The summed E-state index contributed by atoms with van der Waals surface area (Å²) in [6.07, 6.45) is -0.252. The summed E-state index contributed by atoms with van der Waals surface area (Å²) in [4.78, 5) is 17.6. The summed E-state index contributed by atoms with van der Waals surface area (Å²) in [7, 11) is 1.78. The monoisotopic (exact) mass is 769 g/mol. The van der Waals surface area contributed by atoms with Gasteiger partial charge in [-0.2, -0.15) is 0 Å². The van der Waals surface area contributed by atoms with E-state index in [0.29, 0.717) is 13.3 Å². The zero-order valence-electron chi connectivity index (χ0n) is 17.9. The molecule has 1 aliphatic rings. The number of hydrogen-bond acceptors (Lipinski definition) is 4. The number of carbonyl (C=O) groups excluding carboxylic acids is 1. The summed E-state index contributed by atoms with van der Waals surface area (Å²) in [5, 5.41) is 0. The fourth-order valence-corrected chi connectivity index (χ4v) is 2.38. The molecule has 0 N–H and O–H groups in total. The first-order valence-corrected chi connectivity index (χ1v) is 23.1. The fraction of sp³-hybridized carbons (Fsp3) is 0.632. The van der Waals surface area contributed by atoms with E-state index in [0.717, 1.165) is 26.2 Å². The molecule has 9 heteroatoms. The van der Waals surface area contributed by atoms with Crippen LogP contribution in [0.15, 0.2) is 30.3 Å². The van der Waals surface area contributed by atoms with Crippen molar-refractivity contribution >= 4 is 71.7 Å². The van der Waals surface area contributed by atoms with Gasteiger partial charge in [0.05, 0.1) is 13.3 Å². The third-order valence-electron chi connectivity index (χ3n) is 3.49. The molecule has 0 atom stereocenters. The molecule has 1 heterocycles. The molecular weight excluding hydrogens is 734 g/mol. The molecule has 2 rings (SSSR count). The number of ether oxygens (including phenoxy) is 1. The van der Waals surface area contributed by atoms with Crippen molar-refractivity contribution < 1.29 is 14.5 Å². The molecule has 1 amide bonds. The number of para-hydroxylation sites is 1. The van der Waals surface area contributed by atoms with Crippen molar-refractivity contribution in [3.8, 4) is 0 Å². The summed E-state index contributed by atoms with van der Waals surface area (Å²) in [6.45, 7) is 14.8. The van der Waals surface area contributed by atoms with Crippen molar-refractivity contribution in [1.82, 2.24) is 9.80 Å². The van der Waals surface area contributed by atoms with Crippen molar-refractivity contribution in [3.05, 3.63) is 30.3 Å². The first-order chi connectivity index (χ1) is 13.4. The van der Waals surface area contributed by atoms with Gasteiger partial charge in [-0.3, -0.25) is 9.80 Å². The number of benzene rings is 1. The van der Waals surface area contributed by atoms with E-state index in [-0.39, 0.29) is 11.0 Å². The Bertz CT molecular complexity index is 474. The standard InChI is InChI=1S/C15H23N3O2.2C2H6.3HI.V/c1-3-20-15(19)16(2)13-17-9-11-18(12-10-17)14-7-5-4-6-8-14;2*1-2;;;;/h4-8H,3,9-13H2,1-2H3;2*1-2H3;3*1H;/q;;;;;;+3/p-3. The number of carbonyl (C=O) groups is 1. The number of piperazine rings is 1. The van der Waals surface area contributed by atoms with Gasteiger partial charge in [-0.25, -0.2) is 4.79 Å². The average molecular weight is 769 g/mol. The molecular formula is C19H35I3N3O2V. The Morgan fingerprint density at radius 3 is 1.93 bits per heavy atom. The summed E-state index contributed by atoms with van der Waals surface area (Å²) >= 11 is 7.39. The Morgan fingerprint density at radius 2 is 1.50 bits per heavy atom. The zero-order chi connectivity index (χ0) is 21.9. The molecule has 0 aliphatic carbocycles. The summed E-state index contributed by atoms with van der Waals surface area (Å²) in [6, 6.07) is 10.4. The van der Waals surface area contributed by atoms with Gasteiger partial charge in [0, 0.05) is 38.9 Å². The average Bonchev–Trinajstić information content (AvgIpc) is 2.72. The predicted octanol–water partition coefficient (Wildman–Crippen LogP) is 6.56. The van der Waals surface area contributed by atoms with Crippen LogP contribution in [0, 0.1) is 0 Å². The third kappa shape index (κ3) is 15.8. The number of nitrogens with zero attached hydrogens (tertiary/aromatic N) is 3. The Kier molecular flexibility index (Phi) is 23.7. The molecule has 0 spiro atoms. The van der Waals surface area contributed by atoms with Crippen LogP contribution in [0.25, 0.3) is 0 Å². The van der Waals surface area contributed by atoms with Crippen molar-refractivity contribution in [2.45, 2.75) is 34.6 Å².